The molecule has 0 saturated carbocycles. The molecule has 0 unspecified atom stereocenters. The molecular weight excluding hydrogens is 148 g/mol. The van der Waals surface area contributed by atoms with Crippen LogP contribution in [-0.4, -0.2) is 22.6 Å². The van der Waals surface area contributed by atoms with Gasteiger partial charge in [-0.25, -0.2) is 4.79 Å². The van der Waals surface area contributed by atoms with Crippen LogP contribution >= 0.6 is 11.8 Å². The molecule has 0 aromatic heterocycles. The smallest absolute Gasteiger partial charge is 0.331 e. The van der Waals surface area contributed by atoms with Gasteiger partial charge in [0.2, 0.25) is 0 Å². The lowest BCUT2D eigenvalue weighted by atomic mass is 10.1. The Morgan fingerprint density at radius 3 is 2.80 bits per heavy atom. The first-order chi connectivity index (χ1) is 4.72. The van der Waals surface area contributed by atoms with E-state index >= 15 is 0 Å². The third-order valence-corrected chi connectivity index (χ3v) is 2.72. The van der Waals surface area contributed by atoms with Crippen molar-refractivity contribution < 1.29 is 9.90 Å². The first-order valence-corrected chi connectivity index (χ1v) is 4.37. The van der Waals surface area contributed by atoms with Crippen LogP contribution < -0.4 is 0 Å². The van der Waals surface area contributed by atoms with E-state index in [1.165, 1.54) is 0 Å². The van der Waals surface area contributed by atoms with Crippen LogP contribution in [0, 0.1) is 0 Å². The number of hydrogen-bond donors (Lipinski definition) is 1. The number of rotatable bonds is 1. The highest BCUT2D eigenvalue weighted by Crippen LogP contribution is 2.22. The quantitative estimate of drug-likeness (QED) is 0.628. The minimum atomic E-state index is -0.738. The van der Waals surface area contributed by atoms with Crippen molar-refractivity contribution in [1.29, 1.82) is 0 Å². The van der Waals surface area contributed by atoms with Crippen molar-refractivity contribution in [1.82, 2.24) is 0 Å². The molecule has 3 heteroatoms. The molecule has 0 aliphatic carbocycles. The number of carboxylic acids is 1. The molecule has 0 amide bonds. The highest BCUT2D eigenvalue weighted by atomic mass is 32.2. The van der Waals surface area contributed by atoms with Crippen molar-refractivity contribution >= 4 is 17.7 Å². The van der Waals surface area contributed by atoms with E-state index in [0.29, 0.717) is 5.57 Å². The zero-order valence-electron chi connectivity index (χ0n) is 5.89. The summed E-state index contributed by atoms with van der Waals surface area (Å²) >= 11 is 1.80. The summed E-state index contributed by atoms with van der Waals surface area (Å²) in [5.41, 5.74) is 1.66. The molecule has 2 nitrogen and oxygen atoms in total. The molecule has 0 aromatic rings. The Hall–Kier alpha value is -0.440. The second-order valence-corrected chi connectivity index (χ2v) is 3.47. The van der Waals surface area contributed by atoms with Gasteiger partial charge in [0.1, 0.15) is 0 Å². The predicted octanol–water partition coefficient (Wildman–Crippen LogP) is 1.52. The van der Waals surface area contributed by atoms with Gasteiger partial charge in [-0.1, -0.05) is 5.57 Å². The molecule has 1 N–H and O–H groups in total. The summed E-state index contributed by atoms with van der Waals surface area (Å²) < 4.78 is 0. The molecule has 0 spiro atoms. The van der Waals surface area contributed by atoms with Gasteiger partial charge in [-0.15, -0.1) is 0 Å². The van der Waals surface area contributed by atoms with Gasteiger partial charge in [-0.2, -0.15) is 11.8 Å². The zero-order valence-corrected chi connectivity index (χ0v) is 6.70. The average molecular weight is 158 g/mol. The van der Waals surface area contributed by atoms with Gasteiger partial charge in [0, 0.05) is 11.3 Å². The van der Waals surface area contributed by atoms with Gasteiger partial charge in [-0.3, -0.25) is 0 Å². The minimum absolute atomic E-state index is 0.624. The first kappa shape index (κ1) is 7.66. The number of hydrogen-bond acceptors (Lipinski definition) is 2. The third-order valence-electron chi connectivity index (χ3n) is 1.59. The van der Waals surface area contributed by atoms with E-state index in [2.05, 4.69) is 0 Å². The Morgan fingerprint density at radius 1 is 1.70 bits per heavy atom. The second kappa shape index (κ2) is 3.10. The fourth-order valence-electron chi connectivity index (χ4n) is 0.989. The highest BCUT2D eigenvalue weighted by molar-refractivity contribution is 7.99. The lowest BCUT2D eigenvalue weighted by Gasteiger charge is -2.12. The van der Waals surface area contributed by atoms with E-state index in [9.17, 15) is 4.79 Å². The molecule has 0 fully saturated rings. The van der Waals surface area contributed by atoms with Crippen LogP contribution in [0.4, 0.5) is 0 Å². The Morgan fingerprint density at radius 2 is 2.40 bits per heavy atom. The molecule has 1 aliphatic rings. The van der Waals surface area contributed by atoms with Crippen LogP contribution in [0.2, 0.25) is 0 Å². The van der Waals surface area contributed by atoms with E-state index in [4.69, 9.17) is 5.11 Å². The maximum Gasteiger partial charge on any atom is 0.331 e. The Kier molecular flexibility index (Phi) is 2.38. The van der Waals surface area contributed by atoms with Crippen molar-refractivity contribution in [3.63, 3.8) is 0 Å². The van der Waals surface area contributed by atoms with Crippen molar-refractivity contribution in [2.24, 2.45) is 0 Å². The molecule has 0 atom stereocenters. The van der Waals surface area contributed by atoms with Gasteiger partial charge in [0.15, 0.2) is 0 Å². The molecule has 0 bridgehead atoms. The zero-order chi connectivity index (χ0) is 7.56. The van der Waals surface area contributed by atoms with Gasteiger partial charge in [-0.05, 0) is 19.1 Å². The molecule has 1 rings (SSSR count). The second-order valence-electron chi connectivity index (χ2n) is 2.37. The monoisotopic (exact) mass is 158 g/mol. The maximum absolute atomic E-state index is 10.5. The number of thioether (sulfide) groups is 1. The summed E-state index contributed by atoms with van der Waals surface area (Å²) in [6.07, 6.45) is 0.728. The van der Waals surface area contributed by atoms with E-state index < -0.39 is 5.97 Å². The Balaban J connectivity index is 2.78. The molecule has 0 radical (unpaired) electrons. The van der Waals surface area contributed by atoms with Gasteiger partial charge < -0.3 is 5.11 Å². The summed E-state index contributed by atoms with van der Waals surface area (Å²) in [4.78, 5) is 10.5. The highest BCUT2D eigenvalue weighted by Gasteiger charge is 2.14. The van der Waals surface area contributed by atoms with Crippen LogP contribution in [0.3, 0.4) is 0 Å². The van der Waals surface area contributed by atoms with Gasteiger partial charge in [0.25, 0.3) is 0 Å². The fourth-order valence-corrected chi connectivity index (χ4v) is 1.96. The van der Waals surface area contributed by atoms with Crippen LogP contribution in [-0.2, 0) is 4.79 Å². The van der Waals surface area contributed by atoms with Crippen LogP contribution in [0.25, 0.3) is 0 Å². The number of carboxylic acid groups (broad SMARTS) is 1. The lowest BCUT2D eigenvalue weighted by Crippen LogP contribution is -2.09. The van der Waals surface area contributed by atoms with Crippen LogP contribution in [0.5, 0.6) is 0 Å². The molecule has 56 valence electrons. The van der Waals surface area contributed by atoms with Crippen LogP contribution in [0.15, 0.2) is 11.1 Å². The number of aliphatic carboxylic acids is 1. The molecule has 1 aliphatic heterocycles. The summed E-state index contributed by atoms with van der Waals surface area (Å²) in [5.74, 6) is 1.11. The molecule has 1 heterocycles. The normalized spacial score (nSPS) is 19.3. The Labute approximate surface area is 64.3 Å². The van der Waals surface area contributed by atoms with E-state index in [1.807, 2.05) is 6.92 Å². The average Bonchev–Trinajstić information content (AvgIpc) is 1.88. The SMILES string of the molecule is CC1=C(C(=O)O)CCSC1. The molecule has 0 saturated heterocycles. The summed E-state index contributed by atoms with van der Waals surface area (Å²) in [6.45, 7) is 1.90. The van der Waals surface area contributed by atoms with Crippen LogP contribution in [0.1, 0.15) is 13.3 Å². The van der Waals surface area contributed by atoms with Gasteiger partial charge in [0.05, 0.1) is 0 Å². The van der Waals surface area contributed by atoms with Crippen molar-refractivity contribution in [2.45, 2.75) is 13.3 Å². The summed E-state index contributed by atoms with van der Waals surface area (Å²) in [5, 5.41) is 8.64. The molecule has 10 heavy (non-hydrogen) atoms. The largest absolute Gasteiger partial charge is 0.478 e. The van der Waals surface area contributed by atoms with Crippen molar-refractivity contribution in [3.8, 4) is 0 Å². The Bertz CT molecular complexity index is 184. The molecular formula is C7H10O2S. The number of carbonyl (C=O) groups is 1. The minimum Gasteiger partial charge on any atom is -0.478 e. The van der Waals surface area contributed by atoms with E-state index in [1.54, 1.807) is 11.8 Å². The summed E-state index contributed by atoms with van der Waals surface area (Å²) in [7, 11) is 0. The lowest BCUT2D eigenvalue weighted by molar-refractivity contribution is -0.132. The fraction of sp³-hybridized carbons (Fsp3) is 0.571. The van der Waals surface area contributed by atoms with Crippen molar-refractivity contribution in [2.75, 3.05) is 11.5 Å². The van der Waals surface area contributed by atoms with Crippen molar-refractivity contribution in [3.05, 3.63) is 11.1 Å². The van der Waals surface area contributed by atoms with Gasteiger partial charge >= 0.3 is 5.97 Å². The summed E-state index contributed by atoms with van der Waals surface area (Å²) in [6, 6.07) is 0. The predicted molar refractivity (Wildman–Crippen MR) is 42.3 cm³/mol. The third kappa shape index (κ3) is 1.53. The molecule has 0 aromatic carbocycles. The van der Waals surface area contributed by atoms with E-state index in [-0.39, 0.29) is 0 Å². The standard InChI is InChI=1S/C7H10O2S/c1-5-4-10-3-2-6(5)7(8)9/h2-4H2,1H3,(H,8,9). The maximum atomic E-state index is 10.5. The topological polar surface area (TPSA) is 37.3 Å². The first-order valence-electron chi connectivity index (χ1n) is 3.21. The van der Waals surface area contributed by atoms with E-state index in [0.717, 1.165) is 23.5 Å².